The first-order valence-corrected chi connectivity index (χ1v) is 5.37. The highest BCUT2D eigenvalue weighted by Gasteiger charge is 2.13. The Bertz CT molecular complexity index is 649. The largest absolute Gasteiger partial charge is 0.478 e. The van der Waals surface area contributed by atoms with Gasteiger partial charge < -0.3 is 9.84 Å². The molecule has 0 saturated carbocycles. The number of rotatable bonds is 3. The lowest BCUT2D eigenvalue weighted by Gasteiger charge is -2.07. The number of aromatic nitrogens is 1. The highest BCUT2D eigenvalue weighted by Crippen LogP contribution is 2.26. The Hall–Kier alpha value is -2.21. The number of carbonyl (C=O) groups is 1. The molecule has 0 amide bonds. The van der Waals surface area contributed by atoms with Crippen molar-refractivity contribution in [3.05, 3.63) is 52.7 Å². The van der Waals surface area contributed by atoms with Gasteiger partial charge in [0.25, 0.3) is 0 Å². The molecule has 2 aromatic rings. The molecule has 0 radical (unpaired) electrons. The van der Waals surface area contributed by atoms with Crippen LogP contribution in [-0.2, 0) is 0 Å². The number of carboxylic acid groups (broad SMARTS) is 1. The van der Waals surface area contributed by atoms with Crippen LogP contribution in [0.1, 0.15) is 10.4 Å². The second-order valence-electron chi connectivity index (χ2n) is 3.48. The van der Waals surface area contributed by atoms with E-state index in [9.17, 15) is 13.6 Å². The minimum absolute atomic E-state index is 0.0837. The van der Waals surface area contributed by atoms with E-state index in [2.05, 4.69) is 4.98 Å². The number of hydrogen-bond acceptors (Lipinski definition) is 3. The zero-order chi connectivity index (χ0) is 14.0. The Morgan fingerprint density at radius 2 is 2.05 bits per heavy atom. The van der Waals surface area contributed by atoms with Crippen molar-refractivity contribution >= 4 is 17.6 Å². The predicted molar refractivity (Wildman–Crippen MR) is 62.6 cm³/mol. The lowest BCUT2D eigenvalue weighted by Crippen LogP contribution is -2.00. The van der Waals surface area contributed by atoms with Crippen molar-refractivity contribution in [1.29, 1.82) is 0 Å². The van der Waals surface area contributed by atoms with Crippen LogP contribution in [0.5, 0.6) is 11.6 Å². The molecule has 0 unspecified atom stereocenters. The first kappa shape index (κ1) is 13.2. The Morgan fingerprint density at radius 3 is 2.74 bits per heavy atom. The number of benzene rings is 1. The number of hydrogen-bond donors (Lipinski definition) is 1. The van der Waals surface area contributed by atoms with Gasteiger partial charge in [-0.15, -0.1) is 0 Å². The maximum atomic E-state index is 13.3. The first-order valence-electron chi connectivity index (χ1n) is 4.99. The molecular weight excluding hydrogens is 280 g/mol. The summed E-state index contributed by atoms with van der Waals surface area (Å²) in [7, 11) is 0. The van der Waals surface area contributed by atoms with Crippen molar-refractivity contribution in [2.24, 2.45) is 0 Å². The van der Waals surface area contributed by atoms with E-state index in [1.165, 1.54) is 0 Å². The third-order valence-corrected chi connectivity index (χ3v) is 2.47. The second-order valence-corrected chi connectivity index (χ2v) is 3.89. The fourth-order valence-electron chi connectivity index (χ4n) is 1.31. The summed E-state index contributed by atoms with van der Waals surface area (Å²) < 4.78 is 31.3. The smallest absolute Gasteiger partial charge is 0.337 e. The van der Waals surface area contributed by atoms with Crippen LogP contribution in [0.4, 0.5) is 8.78 Å². The maximum Gasteiger partial charge on any atom is 0.337 e. The van der Waals surface area contributed by atoms with Crippen LogP contribution in [-0.4, -0.2) is 16.1 Å². The Morgan fingerprint density at radius 1 is 1.32 bits per heavy atom. The highest BCUT2D eigenvalue weighted by molar-refractivity contribution is 6.33. The second kappa shape index (κ2) is 5.19. The van der Waals surface area contributed by atoms with Gasteiger partial charge in [0.05, 0.1) is 16.8 Å². The number of ether oxygens (including phenoxy) is 1. The summed E-state index contributed by atoms with van der Waals surface area (Å²) in [4.78, 5) is 14.5. The fraction of sp³-hybridized carbons (Fsp3) is 0. The van der Waals surface area contributed by atoms with E-state index in [0.29, 0.717) is 0 Å². The van der Waals surface area contributed by atoms with Crippen molar-refractivity contribution in [3.8, 4) is 11.6 Å². The first-order chi connectivity index (χ1) is 8.97. The molecule has 0 aliphatic rings. The molecule has 19 heavy (non-hydrogen) atoms. The Balaban J connectivity index is 2.36. The Labute approximate surface area is 111 Å². The summed E-state index contributed by atoms with van der Waals surface area (Å²) in [5.41, 5.74) is -0.247. The van der Waals surface area contributed by atoms with E-state index in [-0.39, 0.29) is 16.5 Å². The molecule has 0 atom stereocenters. The number of pyridine rings is 1. The molecule has 0 aliphatic carbocycles. The topological polar surface area (TPSA) is 59.4 Å². The third kappa shape index (κ3) is 2.97. The Kier molecular flexibility index (Phi) is 3.62. The molecule has 0 fully saturated rings. The molecule has 4 nitrogen and oxygen atoms in total. The van der Waals surface area contributed by atoms with Crippen LogP contribution < -0.4 is 4.74 Å². The molecule has 98 valence electrons. The zero-order valence-corrected chi connectivity index (χ0v) is 9.99. The molecule has 0 bridgehead atoms. The molecule has 0 aliphatic heterocycles. The minimum atomic E-state index is -1.28. The molecule has 7 heteroatoms. The van der Waals surface area contributed by atoms with Crippen molar-refractivity contribution in [2.75, 3.05) is 0 Å². The van der Waals surface area contributed by atoms with Gasteiger partial charge in [-0.25, -0.2) is 18.6 Å². The minimum Gasteiger partial charge on any atom is -0.478 e. The van der Waals surface area contributed by atoms with Crippen molar-refractivity contribution in [1.82, 2.24) is 4.98 Å². The summed E-state index contributed by atoms with van der Waals surface area (Å²) in [6.07, 6.45) is 1.05. The molecule has 1 heterocycles. The van der Waals surface area contributed by atoms with Crippen LogP contribution in [0.2, 0.25) is 5.02 Å². The van der Waals surface area contributed by atoms with Gasteiger partial charge in [-0.05, 0) is 12.1 Å². The average Bonchev–Trinajstić information content (AvgIpc) is 2.36. The van der Waals surface area contributed by atoms with Gasteiger partial charge in [0.2, 0.25) is 5.88 Å². The van der Waals surface area contributed by atoms with E-state index >= 15 is 0 Å². The fourth-order valence-corrected chi connectivity index (χ4v) is 1.49. The molecule has 2 rings (SSSR count). The van der Waals surface area contributed by atoms with Crippen molar-refractivity contribution in [2.45, 2.75) is 0 Å². The van der Waals surface area contributed by atoms with Crippen molar-refractivity contribution < 1.29 is 23.4 Å². The molecule has 0 spiro atoms. The van der Waals surface area contributed by atoms with E-state index in [1.807, 2.05) is 0 Å². The van der Waals surface area contributed by atoms with E-state index in [0.717, 1.165) is 30.5 Å². The highest BCUT2D eigenvalue weighted by atomic mass is 35.5. The van der Waals surface area contributed by atoms with Gasteiger partial charge in [-0.1, -0.05) is 11.6 Å². The van der Waals surface area contributed by atoms with Gasteiger partial charge >= 0.3 is 5.97 Å². The summed E-state index contributed by atoms with van der Waals surface area (Å²) in [5, 5.41) is 8.77. The molecule has 1 N–H and O–H groups in total. The van der Waals surface area contributed by atoms with E-state index in [1.54, 1.807) is 0 Å². The summed E-state index contributed by atoms with van der Waals surface area (Å²) in [6.45, 7) is 0. The van der Waals surface area contributed by atoms with Gasteiger partial charge in [-0.2, -0.15) is 0 Å². The lowest BCUT2D eigenvalue weighted by molar-refractivity contribution is 0.0696. The van der Waals surface area contributed by atoms with Gasteiger partial charge in [0.1, 0.15) is 5.82 Å². The summed E-state index contributed by atoms with van der Waals surface area (Å²) in [6, 6.07) is 3.67. The quantitative estimate of drug-likeness (QED) is 0.937. The molecule has 1 aromatic carbocycles. The zero-order valence-electron chi connectivity index (χ0n) is 9.23. The van der Waals surface area contributed by atoms with E-state index in [4.69, 9.17) is 21.4 Å². The van der Waals surface area contributed by atoms with E-state index < -0.39 is 23.4 Å². The molecule has 1 aromatic heterocycles. The van der Waals surface area contributed by atoms with Crippen LogP contribution >= 0.6 is 11.6 Å². The van der Waals surface area contributed by atoms with Gasteiger partial charge in [-0.3, -0.25) is 0 Å². The average molecular weight is 286 g/mol. The standard InChI is InChI=1S/C12H6ClF2NO3/c13-8-5-16-11(4-7(8)12(17)18)19-10-3-6(14)1-2-9(10)15/h1-5H,(H,17,18). The predicted octanol–water partition coefficient (Wildman–Crippen LogP) is 3.50. The number of aromatic carboxylic acids is 1. The lowest BCUT2D eigenvalue weighted by atomic mass is 10.2. The SMILES string of the molecule is O=C(O)c1cc(Oc2cc(F)ccc2F)ncc1Cl. The maximum absolute atomic E-state index is 13.3. The van der Waals surface area contributed by atoms with Crippen LogP contribution in [0.3, 0.4) is 0 Å². The monoisotopic (exact) mass is 285 g/mol. The molecular formula is C12H6ClF2NO3. The summed E-state index contributed by atoms with van der Waals surface area (Å²) in [5.74, 6) is -3.37. The van der Waals surface area contributed by atoms with Crippen LogP contribution in [0.25, 0.3) is 0 Å². The summed E-state index contributed by atoms with van der Waals surface area (Å²) >= 11 is 5.62. The molecule has 0 saturated heterocycles. The third-order valence-electron chi connectivity index (χ3n) is 2.17. The normalized spacial score (nSPS) is 10.3. The van der Waals surface area contributed by atoms with Crippen LogP contribution in [0, 0.1) is 11.6 Å². The van der Waals surface area contributed by atoms with Gasteiger partial charge in [0.15, 0.2) is 11.6 Å². The van der Waals surface area contributed by atoms with Crippen molar-refractivity contribution in [3.63, 3.8) is 0 Å². The number of nitrogens with zero attached hydrogens (tertiary/aromatic N) is 1. The van der Waals surface area contributed by atoms with Crippen LogP contribution in [0.15, 0.2) is 30.5 Å². The van der Waals surface area contributed by atoms with Gasteiger partial charge in [0, 0.05) is 12.1 Å². The number of carboxylic acids is 1. The number of halogens is 3.